The van der Waals surface area contributed by atoms with Crippen molar-refractivity contribution in [1.29, 1.82) is 0 Å². The smallest absolute Gasteiger partial charge is 0.228 e. The van der Waals surface area contributed by atoms with Gasteiger partial charge in [0.2, 0.25) is 5.91 Å². The zero-order valence-electron chi connectivity index (χ0n) is 18.4. The second-order valence-corrected chi connectivity index (χ2v) is 8.95. The van der Waals surface area contributed by atoms with E-state index in [9.17, 15) is 4.79 Å². The lowest BCUT2D eigenvalue weighted by Crippen LogP contribution is -2.25. The molecule has 2 aliphatic heterocycles. The lowest BCUT2D eigenvalue weighted by molar-refractivity contribution is -0.119. The maximum Gasteiger partial charge on any atom is 0.228 e. The fraction of sp³-hybridized carbons (Fsp3) is 0.360. The maximum absolute atomic E-state index is 12.4. The molecule has 3 heterocycles. The van der Waals surface area contributed by atoms with E-state index in [2.05, 4.69) is 51.5 Å². The molecule has 0 aliphatic carbocycles. The molecule has 1 amide bonds. The average Bonchev–Trinajstić information content (AvgIpc) is 3.55. The normalized spacial score (nSPS) is 21.8. The summed E-state index contributed by atoms with van der Waals surface area (Å²) in [4.78, 5) is 24.6. The Hall–Kier alpha value is -2.90. The third kappa shape index (κ3) is 4.36. The molecular weight excluding hydrogens is 397 g/mol. The van der Waals surface area contributed by atoms with Gasteiger partial charge in [0.1, 0.15) is 5.82 Å². The molecule has 32 heavy (non-hydrogen) atoms. The summed E-state index contributed by atoms with van der Waals surface area (Å²) in [5.41, 5.74) is 5.24. The number of rotatable bonds is 5. The number of nitrogens with one attached hydrogen (secondary N) is 2. The summed E-state index contributed by atoms with van der Waals surface area (Å²) in [5.74, 6) is 1.06. The van der Waals surface area contributed by atoms with Crippen molar-refractivity contribution in [2.24, 2.45) is 5.92 Å². The van der Waals surface area contributed by atoms with Gasteiger partial charge in [0.05, 0.1) is 23.9 Å². The molecule has 162 valence electrons. The second kappa shape index (κ2) is 8.92. The molecule has 1 aromatic heterocycles. The Morgan fingerprint density at radius 1 is 1.03 bits per heavy atom. The first kappa shape index (κ1) is 21.0. The van der Waals surface area contributed by atoms with Crippen LogP contribution in [0.25, 0.3) is 22.4 Å². The molecule has 0 bridgehead atoms. The predicted molar refractivity (Wildman–Crippen MR) is 128 cm³/mol. The van der Waals surface area contributed by atoms with Crippen LogP contribution in [0.5, 0.6) is 0 Å². The number of H-pyrrole nitrogens is 1. The van der Waals surface area contributed by atoms with Crippen LogP contribution in [0.2, 0.25) is 0 Å². The minimum atomic E-state index is -0.0377. The highest BCUT2D eigenvalue weighted by Gasteiger charge is 2.26. The van der Waals surface area contributed by atoms with Gasteiger partial charge in [0.25, 0.3) is 0 Å². The number of carbonyl (C=O) groups is 1. The minimum Gasteiger partial charge on any atom is -0.353 e. The number of aromatic amines is 1. The van der Waals surface area contributed by atoms with Crippen molar-refractivity contribution in [3.05, 3.63) is 60.6 Å². The zero-order chi connectivity index (χ0) is 22.1. The third-order valence-corrected chi connectivity index (χ3v) is 6.70. The molecule has 2 fully saturated rings. The first-order chi connectivity index (χ1) is 15.6. The first-order valence-electron chi connectivity index (χ1n) is 11.3. The Morgan fingerprint density at radius 2 is 1.72 bits per heavy atom. The number of amides is 1. The molecule has 3 aromatic rings. The Labute approximate surface area is 190 Å². The average molecular weight is 425 g/mol. The Morgan fingerprint density at radius 3 is 2.34 bits per heavy atom. The molecule has 0 saturated carbocycles. The lowest BCUT2D eigenvalue weighted by atomic mass is 10.0. The molecule has 0 spiro atoms. The molecule has 5 rings (SSSR count). The summed E-state index contributed by atoms with van der Waals surface area (Å²) < 4.78 is 0. The topological polar surface area (TPSA) is 64.3 Å². The summed E-state index contributed by atoms with van der Waals surface area (Å²) in [6, 6.07) is 16.9. The van der Waals surface area contributed by atoms with Gasteiger partial charge in [-0.2, -0.15) is 0 Å². The van der Waals surface area contributed by atoms with Crippen molar-refractivity contribution in [3.8, 4) is 22.4 Å². The summed E-state index contributed by atoms with van der Waals surface area (Å²) in [7, 11) is 7.93. The summed E-state index contributed by atoms with van der Waals surface area (Å²) in [6.07, 6.45) is 5.12. The SMILES string of the molecule is [B]N1CC[C@@H](C(=O)Nc2ccc(-c3ccc(-c4cnc([C@@H]5CCCN5C)[nH]4)cc3)cc2)C1. The van der Waals surface area contributed by atoms with Crippen LogP contribution in [0.4, 0.5) is 5.69 Å². The van der Waals surface area contributed by atoms with Crippen LogP contribution in [-0.2, 0) is 4.79 Å². The number of likely N-dealkylation sites (tertiary alicyclic amines) is 1. The number of hydrogen-bond acceptors (Lipinski definition) is 4. The molecule has 2 atom stereocenters. The van der Waals surface area contributed by atoms with Gasteiger partial charge >= 0.3 is 0 Å². The summed E-state index contributed by atoms with van der Waals surface area (Å²) in [5, 5.41) is 3.01. The largest absolute Gasteiger partial charge is 0.353 e. The van der Waals surface area contributed by atoms with Gasteiger partial charge in [-0.25, -0.2) is 4.98 Å². The summed E-state index contributed by atoms with van der Waals surface area (Å²) in [6.45, 7) is 2.51. The molecule has 0 unspecified atom stereocenters. The van der Waals surface area contributed by atoms with Crippen LogP contribution in [0.3, 0.4) is 0 Å². The van der Waals surface area contributed by atoms with E-state index in [0.717, 1.165) is 59.8 Å². The van der Waals surface area contributed by atoms with Crippen molar-refractivity contribution < 1.29 is 4.79 Å². The van der Waals surface area contributed by atoms with Gasteiger partial charge in [0, 0.05) is 5.69 Å². The fourth-order valence-electron chi connectivity index (χ4n) is 4.74. The van der Waals surface area contributed by atoms with E-state index in [1.54, 1.807) is 4.81 Å². The molecule has 7 heteroatoms. The lowest BCUT2D eigenvalue weighted by Gasteiger charge is -2.16. The molecule has 2 radical (unpaired) electrons. The van der Waals surface area contributed by atoms with E-state index < -0.39 is 0 Å². The summed E-state index contributed by atoms with van der Waals surface area (Å²) >= 11 is 0. The quantitative estimate of drug-likeness (QED) is 0.610. The second-order valence-electron chi connectivity index (χ2n) is 8.95. The van der Waals surface area contributed by atoms with E-state index in [0.29, 0.717) is 12.6 Å². The Bertz CT molecular complexity index is 1080. The number of hydrogen-bond donors (Lipinski definition) is 2. The molecular formula is C25H28BN5O. The monoisotopic (exact) mass is 425 g/mol. The van der Waals surface area contributed by atoms with Crippen LogP contribution in [0.15, 0.2) is 54.7 Å². The van der Waals surface area contributed by atoms with Crippen LogP contribution in [0, 0.1) is 5.92 Å². The van der Waals surface area contributed by atoms with Gasteiger partial charge in [0.15, 0.2) is 7.98 Å². The van der Waals surface area contributed by atoms with E-state index in [-0.39, 0.29) is 11.8 Å². The molecule has 2 N–H and O–H groups in total. The van der Waals surface area contributed by atoms with E-state index >= 15 is 0 Å². The van der Waals surface area contributed by atoms with Crippen molar-refractivity contribution >= 4 is 19.6 Å². The molecule has 2 saturated heterocycles. The molecule has 2 aliphatic rings. The number of carbonyl (C=O) groups excluding carboxylic acids is 1. The van der Waals surface area contributed by atoms with Gasteiger partial charge in [-0.1, -0.05) is 36.4 Å². The minimum absolute atomic E-state index is 0.0377. The Balaban J connectivity index is 1.24. The van der Waals surface area contributed by atoms with Crippen LogP contribution >= 0.6 is 0 Å². The highest BCUT2D eigenvalue weighted by molar-refractivity contribution is 6.05. The van der Waals surface area contributed by atoms with Gasteiger partial charge in [-0.3, -0.25) is 9.69 Å². The van der Waals surface area contributed by atoms with Crippen molar-refractivity contribution in [1.82, 2.24) is 19.7 Å². The van der Waals surface area contributed by atoms with Crippen molar-refractivity contribution in [2.75, 3.05) is 32.0 Å². The Kier molecular flexibility index (Phi) is 5.85. The highest BCUT2D eigenvalue weighted by atomic mass is 16.1. The van der Waals surface area contributed by atoms with E-state index in [1.807, 2.05) is 30.5 Å². The number of imidazole rings is 1. The first-order valence-corrected chi connectivity index (χ1v) is 11.3. The number of nitrogens with zero attached hydrogens (tertiary/aromatic N) is 3. The van der Waals surface area contributed by atoms with Gasteiger partial charge in [-0.05, 0) is 74.8 Å². The van der Waals surface area contributed by atoms with Crippen molar-refractivity contribution in [2.45, 2.75) is 25.3 Å². The highest BCUT2D eigenvalue weighted by Crippen LogP contribution is 2.31. The third-order valence-electron chi connectivity index (χ3n) is 6.70. The molecule has 6 nitrogen and oxygen atoms in total. The van der Waals surface area contributed by atoms with Gasteiger partial charge in [-0.15, -0.1) is 0 Å². The number of anilines is 1. The van der Waals surface area contributed by atoms with Gasteiger partial charge < -0.3 is 15.1 Å². The fourth-order valence-corrected chi connectivity index (χ4v) is 4.74. The van der Waals surface area contributed by atoms with Crippen LogP contribution in [-0.4, -0.2) is 60.2 Å². The van der Waals surface area contributed by atoms with Crippen LogP contribution < -0.4 is 5.32 Å². The van der Waals surface area contributed by atoms with E-state index in [1.165, 1.54) is 6.42 Å². The molecule has 2 aromatic carbocycles. The standard InChI is InChI=1S/C25H28BN5O/c1-30-13-2-3-23(30)24-27-15-22(29-24)19-6-4-17(5-7-19)18-8-10-21(11-9-18)28-25(32)20-12-14-31(26)16-20/h4-11,15,20,23H,2-3,12-14,16H2,1H3,(H,27,29)(H,28,32)/t20-,23+/m1/s1. The predicted octanol–water partition coefficient (Wildman–Crippen LogP) is 3.85. The van der Waals surface area contributed by atoms with Crippen LogP contribution in [0.1, 0.15) is 31.1 Å². The number of benzene rings is 2. The zero-order valence-corrected chi connectivity index (χ0v) is 18.4. The van der Waals surface area contributed by atoms with Crippen molar-refractivity contribution in [3.63, 3.8) is 0 Å². The van der Waals surface area contributed by atoms with E-state index in [4.69, 9.17) is 7.98 Å². The maximum atomic E-state index is 12.4. The number of aromatic nitrogens is 2.